The molecule has 3 aliphatic rings. The second-order valence-corrected chi connectivity index (χ2v) is 6.84. The molecule has 1 heterocycles. The molecule has 20 heavy (non-hydrogen) atoms. The number of nitrogens with zero attached hydrogens (tertiary/aromatic N) is 1. The van der Waals surface area contributed by atoms with Gasteiger partial charge in [-0.25, -0.2) is 0 Å². The Bertz CT molecular complexity index is 460. The molecule has 1 saturated heterocycles. The highest BCUT2D eigenvalue weighted by Gasteiger charge is 2.72. The number of carbonyl (C=O) groups is 2. The van der Waals surface area contributed by atoms with Crippen LogP contribution in [0.2, 0.25) is 0 Å². The van der Waals surface area contributed by atoms with Gasteiger partial charge in [-0.05, 0) is 19.3 Å². The van der Waals surface area contributed by atoms with Crippen molar-refractivity contribution in [2.24, 2.45) is 17.1 Å². The summed E-state index contributed by atoms with van der Waals surface area (Å²) in [5.74, 6) is -1.18. The molecule has 6 heteroatoms. The van der Waals surface area contributed by atoms with Crippen LogP contribution >= 0.6 is 0 Å². The lowest BCUT2D eigenvalue weighted by Gasteiger charge is -2.61. The predicted molar refractivity (Wildman–Crippen MR) is 70.9 cm³/mol. The summed E-state index contributed by atoms with van der Waals surface area (Å²) in [5, 5.41) is 9.02. The zero-order chi connectivity index (χ0) is 14.7. The number of hydrogen-bond acceptors (Lipinski definition) is 4. The van der Waals surface area contributed by atoms with Crippen molar-refractivity contribution >= 4 is 11.9 Å². The molecule has 112 valence electrons. The molecule has 2 saturated carbocycles. The van der Waals surface area contributed by atoms with E-state index in [-0.39, 0.29) is 30.5 Å². The van der Waals surface area contributed by atoms with Crippen molar-refractivity contribution in [3.05, 3.63) is 0 Å². The number of carboxylic acids is 1. The lowest BCUT2D eigenvalue weighted by molar-refractivity contribution is -0.186. The fourth-order valence-electron chi connectivity index (χ4n) is 3.95. The SMILES string of the molecule is CC1(C)C2OCCC2C1(N)C(=O)N(CC(=O)O)C1CC1. The standard InChI is InChI=1S/C14H22N2O4/c1-13(2)11-9(5-6-20-11)14(13,15)12(19)16(7-10(17)18)8-3-4-8/h8-9,11H,3-7,15H2,1-2H3,(H,17,18). The van der Waals surface area contributed by atoms with Gasteiger partial charge in [0, 0.05) is 24.0 Å². The van der Waals surface area contributed by atoms with Gasteiger partial charge in [0.2, 0.25) is 5.91 Å². The Morgan fingerprint density at radius 3 is 2.55 bits per heavy atom. The van der Waals surface area contributed by atoms with Gasteiger partial charge in [0.1, 0.15) is 12.1 Å². The van der Waals surface area contributed by atoms with E-state index in [9.17, 15) is 9.59 Å². The maximum atomic E-state index is 12.9. The Hall–Kier alpha value is -1.14. The Labute approximate surface area is 118 Å². The van der Waals surface area contributed by atoms with E-state index in [0.29, 0.717) is 6.61 Å². The minimum Gasteiger partial charge on any atom is -0.480 e. The Balaban J connectivity index is 1.86. The first-order chi connectivity index (χ1) is 9.30. The third-order valence-corrected chi connectivity index (χ3v) is 5.36. The minimum absolute atomic E-state index is 0.0139. The highest BCUT2D eigenvalue weighted by molar-refractivity contribution is 5.92. The lowest BCUT2D eigenvalue weighted by Crippen LogP contribution is -2.80. The fraction of sp³-hybridized carbons (Fsp3) is 0.857. The summed E-state index contributed by atoms with van der Waals surface area (Å²) in [4.78, 5) is 25.4. The van der Waals surface area contributed by atoms with Gasteiger partial charge in [-0.2, -0.15) is 0 Å². The van der Waals surface area contributed by atoms with E-state index >= 15 is 0 Å². The summed E-state index contributed by atoms with van der Waals surface area (Å²) in [6, 6.07) is 0.0520. The highest BCUT2D eigenvalue weighted by Crippen LogP contribution is 2.59. The number of amides is 1. The van der Waals surface area contributed by atoms with Gasteiger partial charge in [0.15, 0.2) is 0 Å². The molecule has 6 nitrogen and oxygen atoms in total. The van der Waals surface area contributed by atoms with Crippen molar-refractivity contribution in [3.63, 3.8) is 0 Å². The zero-order valence-corrected chi connectivity index (χ0v) is 12.0. The number of fused-ring (bicyclic) bond motifs is 1. The van der Waals surface area contributed by atoms with Crippen molar-refractivity contribution in [1.82, 2.24) is 4.90 Å². The van der Waals surface area contributed by atoms with E-state index in [1.54, 1.807) is 0 Å². The van der Waals surface area contributed by atoms with Gasteiger partial charge < -0.3 is 20.5 Å². The number of hydrogen-bond donors (Lipinski definition) is 2. The molecule has 0 aromatic rings. The van der Waals surface area contributed by atoms with Crippen LogP contribution in [-0.2, 0) is 14.3 Å². The van der Waals surface area contributed by atoms with Crippen LogP contribution in [0.25, 0.3) is 0 Å². The van der Waals surface area contributed by atoms with Crippen LogP contribution in [-0.4, -0.2) is 52.7 Å². The maximum Gasteiger partial charge on any atom is 0.323 e. The van der Waals surface area contributed by atoms with Crippen molar-refractivity contribution in [2.45, 2.75) is 50.8 Å². The van der Waals surface area contributed by atoms with Gasteiger partial charge in [0.05, 0.1) is 6.10 Å². The highest BCUT2D eigenvalue weighted by atomic mass is 16.5. The zero-order valence-electron chi connectivity index (χ0n) is 12.0. The van der Waals surface area contributed by atoms with Crippen LogP contribution in [0.1, 0.15) is 33.1 Å². The summed E-state index contributed by atoms with van der Waals surface area (Å²) >= 11 is 0. The summed E-state index contributed by atoms with van der Waals surface area (Å²) < 4.78 is 5.68. The Kier molecular flexibility index (Phi) is 2.89. The number of nitrogens with two attached hydrogens (primary N) is 1. The van der Waals surface area contributed by atoms with Crippen LogP contribution < -0.4 is 5.73 Å². The van der Waals surface area contributed by atoms with Gasteiger partial charge in [-0.15, -0.1) is 0 Å². The van der Waals surface area contributed by atoms with E-state index < -0.39 is 16.9 Å². The van der Waals surface area contributed by atoms with Crippen LogP contribution in [0, 0.1) is 11.3 Å². The molecule has 1 aliphatic heterocycles. The molecule has 0 spiro atoms. The monoisotopic (exact) mass is 282 g/mol. The molecule has 3 unspecified atom stereocenters. The number of aliphatic carboxylic acids is 1. The van der Waals surface area contributed by atoms with Gasteiger partial charge in [0.25, 0.3) is 0 Å². The van der Waals surface area contributed by atoms with Crippen molar-refractivity contribution in [2.75, 3.05) is 13.2 Å². The van der Waals surface area contributed by atoms with E-state index in [4.69, 9.17) is 15.6 Å². The van der Waals surface area contributed by atoms with Crippen LogP contribution in [0.4, 0.5) is 0 Å². The molecular weight excluding hydrogens is 260 g/mol. The summed E-state index contributed by atoms with van der Waals surface area (Å²) in [6.07, 6.45) is 2.55. The molecule has 3 rings (SSSR count). The van der Waals surface area contributed by atoms with Crippen molar-refractivity contribution < 1.29 is 19.4 Å². The van der Waals surface area contributed by atoms with Crippen LogP contribution in [0.15, 0.2) is 0 Å². The molecular formula is C14H22N2O4. The minimum atomic E-state index is -0.994. The van der Waals surface area contributed by atoms with Crippen molar-refractivity contribution in [3.8, 4) is 0 Å². The first-order valence-electron chi connectivity index (χ1n) is 7.23. The maximum absolute atomic E-state index is 12.9. The van der Waals surface area contributed by atoms with E-state index in [0.717, 1.165) is 19.3 Å². The molecule has 0 aromatic heterocycles. The van der Waals surface area contributed by atoms with E-state index in [2.05, 4.69) is 0 Å². The molecule has 3 fully saturated rings. The molecule has 0 radical (unpaired) electrons. The predicted octanol–water partition coefficient (Wildman–Crippen LogP) is 0.204. The van der Waals surface area contributed by atoms with Gasteiger partial charge >= 0.3 is 5.97 Å². The number of rotatable bonds is 4. The average Bonchev–Trinajstić information content (AvgIpc) is 3.10. The Morgan fingerprint density at radius 2 is 2.00 bits per heavy atom. The van der Waals surface area contributed by atoms with E-state index in [1.807, 2.05) is 13.8 Å². The van der Waals surface area contributed by atoms with Gasteiger partial charge in [-0.1, -0.05) is 13.8 Å². The van der Waals surface area contributed by atoms with Crippen molar-refractivity contribution in [1.29, 1.82) is 0 Å². The van der Waals surface area contributed by atoms with Gasteiger partial charge in [-0.3, -0.25) is 9.59 Å². The van der Waals surface area contributed by atoms with Crippen LogP contribution in [0.5, 0.6) is 0 Å². The fourth-order valence-corrected chi connectivity index (χ4v) is 3.95. The average molecular weight is 282 g/mol. The topological polar surface area (TPSA) is 92.9 Å². The summed E-state index contributed by atoms with van der Waals surface area (Å²) in [6.45, 7) is 4.27. The molecule has 0 aromatic carbocycles. The lowest BCUT2D eigenvalue weighted by atomic mass is 9.47. The molecule has 3 atom stereocenters. The Morgan fingerprint density at radius 1 is 1.35 bits per heavy atom. The molecule has 1 amide bonds. The largest absolute Gasteiger partial charge is 0.480 e. The number of carboxylic acid groups (broad SMARTS) is 1. The first-order valence-corrected chi connectivity index (χ1v) is 7.23. The normalized spacial score (nSPS) is 38.0. The first kappa shape index (κ1) is 13.8. The molecule has 2 aliphatic carbocycles. The quantitative estimate of drug-likeness (QED) is 0.768. The second kappa shape index (κ2) is 4.18. The summed E-state index contributed by atoms with van der Waals surface area (Å²) in [5.41, 5.74) is 5.05. The molecule has 3 N–H and O–H groups in total. The second-order valence-electron chi connectivity index (χ2n) is 6.84. The van der Waals surface area contributed by atoms with Crippen LogP contribution in [0.3, 0.4) is 0 Å². The third-order valence-electron chi connectivity index (χ3n) is 5.36. The van der Waals surface area contributed by atoms with E-state index in [1.165, 1.54) is 4.90 Å². The summed E-state index contributed by atoms with van der Waals surface area (Å²) in [7, 11) is 0. The number of carbonyl (C=O) groups excluding carboxylic acids is 1. The molecule has 0 bridgehead atoms. The smallest absolute Gasteiger partial charge is 0.323 e. The number of ether oxygens (including phenoxy) is 1. The third kappa shape index (κ3) is 1.64.